The first-order valence-corrected chi connectivity index (χ1v) is 9.39. The molecule has 2 aromatic carbocycles. The normalized spacial score (nSPS) is 11.6. The van der Waals surface area contributed by atoms with Crippen LogP contribution in [0.2, 0.25) is 0 Å². The van der Waals surface area contributed by atoms with E-state index in [2.05, 4.69) is 5.32 Å². The molecule has 0 saturated heterocycles. The van der Waals surface area contributed by atoms with Gasteiger partial charge in [-0.2, -0.15) is 0 Å². The van der Waals surface area contributed by atoms with Crippen molar-refractivity contribution in [3.8, 4) is 23.0 Å². The third-order valence-corrected chi connectivity index (χ3v) is 4.06. The number of rotatable bonds is 10. The molecule has 1 atom stereocenters. The summed E-state index contributed by atoms with van der Waals surface area (Å²) in [5.74, 6) is 2.27. The summed E-state index contributed by atoms with van der Waals surface area (Å²) in [5.41, 5.74) is 0.911. The zero-order chi connectivity index (χ0) is 20.5. The molecule has 2 rings (SSSR count). The van der Waals surface area contributed by atoms with Crippen LogP contribution in [0.4, 0.5) is 0 Å². The fraction of sp³-hybridized carbons (Fsp3) is 0.409. The van der Waals surface area contributed by atoms with Crippen LogP contribution >= 0.6 is 0 Å². The van der Waals surface area contributed by atoms with Crippen molar-refractivity contribution in [3.05, 3.63) is 48.0 Å². The molecule has 6 nitrogen and oxygen atoms in total. The van der Waals surface area contributed by atoms with E-state index in [9.17, 15) is 4.79 Å². The number of carbonyl (C=O) groups is 1. The Bertz CT molecular complexity index is 775. The fourth-order valence-corrected chi connectivity index (χ4v) is 2.67. The number of hydrogen-bond acceptors (Lipinski definition) is 5. The molecule has 0 aliphatic rings. The maximum atomic E-state index is 12.6. The molecule has 0 fully saturated rings. The second kappa shape index (κ2) is 10.4. The van der Waals surface area contributed by atoms with E-state index in [1.165, 1.54) is 0 Å². The Morgan fingerprint density at radius 2 is 1.57 bits per heavy atom. The summed E-state index contributed by atoms with van der Waals surface area (Å²) < 4.78 is 22.3. The van der Waals surface area contributed by atoms with Crippen LogP contribution in [0, 0.1) is 0 Å². The van der Waals surface area contributed by atoms with Crippen LogP contribution in [0.15, 0.2) is 42.5 Å². The number of ether oxygens (including phenoxy) is 4. The summed E-state index contributed by atoms with van der Waals surface area (Å²) in [5, 5.41) is 2.92. The van der Waals surface area contributed by atoms with Gasteiger partial charge in [0.1, 0.15) is 0 Å². The van der Waals surface area contributed by atoms with Gasteiger partial charge >= 0.3 is 0 Å². The van der Waals surface area contributed by atoms with E-state index in [0.717, 1.165) is 5.56 Å². The van der Waals surface area contributed by atoms with Crippen LogP contribution in [0.1, 0.15) is 32.8 Å². The highest BCUT2D eigenvalue weighted by molar-refractivity contribution is 5.81. The maximum Gasteiger partial charge on any atom is 0.261 e. The first-order chi connectivity index (χ1) is 13.5. The first-order valence-electron chi connectivity index (χ1n) is 9.39. The predicted molar refractivity (Wildman–Crippen MR) is 108 cm³/mol. The maximum absolute atomic E-state index is 12.6. The Hall–Kier alpha value is -2.89. The number of carbonyl (C=O) groups excluding carboxylic acids is 1. The Morgan fingerprint density at radius 3 is 2.18 bits per heavy atom. The van der Waals surface area contributed by atoms with Gasteiger partial charge < -0.3 is 24.3 Å². The Kier molecular flexibility index (Phi) is 7.99. The first kappa shape index (κ1) is 21.4. The predicted octanol–water partition coefficient (Wildman–Crippen LogP) is 3.96. The van der Waals surface area contributed by atoms with Crippen molar-refractivity contribution < 1.29 is 23.7 Å². The molecule has 0 spiro atoms. The van der Waals surface area contributed by atoms with Crippen molar-refractivity contribution in [2.24, 2.45) is 0 Å². The van der Waals surface area contributed by atoms with Gasteiger partial charge in [-0.3, -0.25) is 4.79 Å². The number of hydrogen-bond donors (Lipinski definition) is 1. The highest BCUT2D eigenvalue weighted by Gasteiger charge is 2.20. The van der Waals surface area contributed by atoms with Crippen LogP contribution < -0.4 is 24.3 Å². The monoisotopic (exact) mass is 387 g/mol. The van der Waals surface area contributed by atoms with Gasteiger partial charge in [-0.05, 0) is 50.1 Å². The van der Waals surface area contributed by atoms with Gasteiger partial charge in [0.05, 0.1) is 20.3 Å². The van der Waals surface area contributed by atoms with E-state index in [0.29, 0.717) is 36.0 Å². The molecule has 1 amide bonds. The molecule has 0 aromatic heterocycles. The zero-order valence-electron chi connectivity index (χ0n) is 17.2. The molecule has 1 unspecified atom stereocenters. The molecular weight excluding hydrogens is 358 g/mol. The van der Waals surface area contributed by atoms with Crippen LogP contribution in [-0.4, -0.2) is 32.3 Å². The average Bonchev–Trinajstić information content (AvgIpc) is 2.70. The largest absolute Gasteiger partial charge is 0.493 e. The van der Waals surface area contributed by atoms with Crippen molar-refractivity contribution in [1.29, 1.82) is 0 Å². The minimum absolute atomic E-state index is 0.0527. The van der Waals surface area contributed by atoms with Crippen molar-refractivity contribution in [3.63, 3.8) is 0 Å². The quantitative estimate of drug-likeness (QED) is 0.668. The molecule has 0 radical (unpaired) electrons. The molecule has 2 aromatic rings. The van der Waals surface area contributed by atoms with Crippen LogP contribution in [0.5, 0.6) is 23.0 Å². The standard InChI is InChI=1S/C22H29NO5/c1-6-17(28-19-10-8-7-9-18(19)25-4)22(24)23-14-16-11-12-20(27-15(2)3)21(13-16)26-5/h7-13,15,17H,6,14H2,1-5H3,(H,23,24). The van der Waals surface area contributed by atoms with Crippen molar-refractivity contribution in [2.75, 3.05) is 14.2 Å². The Balaban J connectivity index is 2.01. The lowest BCUT2D eigenvalue weighted by Gasteiger charge is -2.19. The lowest BCUT2D eigenvalue weighted by molar-refractivity contribution is -0.128. The van der Waals surface area contributed by atoms with Gasteiger partial charge in [-0.1, -0.05) is 25.1 Å². The third kappa shape index (κ3) is 5.81. The summed E-state index contributed by atoms with van der Waals surface area (Å²) >= 11 is 0. The van der Waals surface area contributed by atoms with E-state index < -0.39 is 6.10 Å². The summed E-state index contributed by atoms with van der Waals surface area (Å²) in [7, 11) is 3.17. The number of amides is 1. The summed E-state index contributed by atoms with van der Waals surface area (Å²) in [6.45, 7) is 6.18. The fourth-order valence-electron chi connectivity index (χ4n) is 2.67. The number of nitrogens with one attached hydrogen (secondary N) is 1. The molecule has 0 heterocycles. The van der Waals surface area contributed by atoms with Crippen molar-refractivity contribution >= 4 is 5.91 Å². The van der Waals surface area contributed by atoms with Gasteiger partial charge in [-0.25, -0.2) is 0 Å². The highest BCUT2D eigenvalue weighted by Crippen LogP contribution is 2.29. The van der Waals surface area contributed by atoms with Gasteiger partial charge in [0, 0.05) is 6.54 Å². The molecule has 0 bridgehead atoms. The van der Waals surface area contributed by atoms with Crippen molar-refractivity contribution in [2.45, 2.75) is 45.9 Å². The number of para-hydroxylation sites is 2. The molecule has 6 heteroatoms. The second-order valence-corrected chi connectivity index (χ2v) is 6.54. The van der Waals surface area contributed by atoms with E-state index in [1.54, 1.807) is 26.4 Å². The van der Waals surface area contributed by atoms with Gasteiger partial charge in [0.25, 0.3) is 5.91 Å². The van der Waals surface area contributed by atoms with E-state index >= 15 is 0 Å². The molecular formula is C22H29NO5. The lowest BCUT2D eigenvalue weighted by Crippen LogP contribution is -2.37. The SMILES string of the molecule is CCC(Oc1ccccc1OC)C(=O)NCc1ccc(OC(C)C)c(OC)c1. The van der Waals surface area contributed by atoms with Crippen LogP contribution in [0.25, 0.3) is 0 Å². The Morgan fingerprint density at radius 1 is 0.929 bits per heavy atom. The smallest absolute Gasteiger partial charge is 0.261 e. The second-order valence-electron chi connectivity index (χ2n) is 6.54. The molecule has 0 saturated carbocycles. The molecule has 0 aliphatic heterocycles. The third-order valence-electron chi connectivity index (χ3n) is 4.06. The van der Waals surface area contributed by atoms with Crippen LogP contribution in [0.3, 0.4) is 0 Å². The van der Waals surface area contributed by atoms with E-state index in [4.69, 9.17) is 18.9 Å². The molecule has 1 N–H and O–H groups in total. The van der Waals surface area contributed by atoms with Crippen LogP contribution in [-0.2, 0) is 11.3 Å². The number of benzene rings is 2. The van der Waals surface area contributed by atoms with Gasteiger partial charge in [0.15, 0.2) is 29.1 Å². The molecule has 152 valence electrons. The topological polar surface area (TPSA) is 66.0 Å². The Labute approximate surface area is 166 Å². The highest BCUT2D eigenvalue weighted by atomic mass is 16.5. The average molecular weight is 387 g/mol. The molecule has 0 aliphatic carbocycles. The van der Waals surface area contributed by atoms with Crippen molar-refractivity contribution in [1.82, 2.24) is 5.32 Å². The summed E-state index contributed by atoms with van der Waals surface area (Å²) in [6, 6.07) is 12.9. The van der Waals surface area contributed by atoms with Gasteiger partial charge in [-0.15, -0.1) is 0 Å². The number of methoxy groups -OCH3 is 2. The summed E-state index contributed by atoms with van der Waals surface area (Å²) in [4.78, 5) is 12.6. The zero-order valence-corrected chi connectivity index (χ0v) is 17.2. The molecule has 28 heavy (non-hydrogen) atoms. The minimum atomic E-state index is -0.609. The minimum Gasteiger partial charge on any atom is -0.493 e. The van der Waals surface area contributed by atoms with E-state index in [1.807, 2.05) is 51.1 Å². The van der Waals surface area contributed by atoms with E-state index in [-0.39, 0.29) is 12.0 Å². The summed E-state index contributed by atoms with van der Waals surface area (Å²) in [6.07, 6.45) is -0.0207. The lowest BCUT2D eigenvalue weighted by atomic mass is 10.2. The van der Waals surface area contributed by atoms with Gasteiger partial charge in [0.2, 0.25) is 0 Å².